The number of likely N-dealkylation sites (tertiary alicyclic amines) is 1. The molecule has 1 N–H and O–H groups in total. The van der Waals surface area contributed by atoms with Gasteiger partial charge in [-0.05, 0) is 63.0 Å². The van der Waals surface area contributed by atoms with Gasteiger partial charge in [-0.1, -0.05) is 6.42 Å². The van der Waals surface area contributed by atoms with Crippen LogP contribution in [0.4, 0.5) is 0 Å². The van der Waals surface area contributed by atoms with Gasteiger partial charge >= 0.3 is 0 Å². The van der Waals surface area contributed by atoms with Crippen LogP contribution in [0.1, 0.15) is 31.2 Å². The van der Waals surface area contributed by atoms with Crippen molar-refractivity contribution in [3.8, 4) is 11.5 Å². The predicted octanol–water partition coefficient (Wildman–Crippen LogP) is 2.57. The molecule has 18 heavy (non-hydrogen) atoms. The van der Waals surface area contributed by atoms with Crippen molar-refractivity contribution in [2.45, 2.75) is 44.2 Å². The maximum Gasteiger partial charge on any atom is 0.123 e. The van der Waals surface area contributed by atoms with Crippen LogP contribution in [0.5, 0.6) is 11.5 Å². The molecule has 0 aliphatic carbocycles. The molecule has 0 radical (unpaired) electrons. The minimum Gasteiger partial charge on any atom is -0.508 e. The van der Waals surface area contributed by atoms with Crippen LogP contribution in [0.2, 0.25) is 0 Å². The van der Waals surface area contributed by atoms with Gasteiger partial charge in [-0.2, -0.15) is 0 Å². The van der Waals surface area contributed by atoms with Crippen molar-refractivity contribution < 1.29 is 9.84 Å². The lowest BCUT2D eigenvalue weighted by Gasteiger charge is -2.40. The quantitative estimate of drug-likeness (QED) is 0.828. The molecule has 3 heteroatoms. The van der Waals surface area contributed by atoms with Crippen molar-refractivity contribution in [2.75, 3.05) is 13.6 Å². The average Bonchev–Trinajstić information content (AvgIpc) is 2.39. The van der Waals surface area contributed by atoms with Gasteiger partial charge in [-0.3, -0.25) is 4.90 Å². The number of aryl methyl sites for hydroxylation is 1. The van der Waals surface area contributed by atoms with E-state index in [-0.39, 0.29) is 0 Å². The van der Waals surface area contributed by atoms with E-state index >= 15 is 0 Å². The van der Waals surface area contributed by atoms with Gasteiger partial charge < -0.3 is 9.84 Å². The number of fused-ring (bicyclic) bond motifs is 1. The molecule has 0 unspecified atom stereocenters. The average molecular weight is 247 g/mol. The highest BCUT2D eigenvalue weighted by molar-refractivity contribution is 5.41. The molecule has 1 aromatic rings. The summed E-state index contributed by atoms with van der Waals surface area (Å²) in [5, 5.41) is 9.48. The number of hydrogen-bond donors (Lipinski definition) is 1. The Balaban J connectivity index is 1.76. The fourth-order valence-electron chi connectivity index (χ4n) is 3.24. The van der Waals surface area contributed by atoms with E-state index in [9.17, 15) is 5.11 Å². The maximum absolute atomic E-state index is 9.48. The molecule has 2 aliphatic rings. The number of phenols is 1. The standard InChI is InChI=1S/C15H21NO2/c1-16-9-3-2-4-13(16)15-7-5-11-10-12(17)6-8-14(11)18-15/h6,8,10,13,15,17H,2-5,7,9H2,1H3/t13-,15-/m0/s1. The largest absolute Gasteiger partial charge is 0.508 e. The highest BCUT2D eigenvalue weighted by Gasteiger charge is 2.31. The Morgan fingerprint density at radius 1 is 1.28 bits per heavy atom. The summed E-state index contributed by atoms with van der Waals surface area (Å²) in [6, 6.07) is 6.00. The van der Waals surface area contributed by atoms with E-state index in [0.29, 0.717) is 17.9 Å². The Labute approximate surface area is 108 Å². The van der Waals surface area contributed by atoms with Crippen LogP contribution < -0.4 is 4.74 Å². The minimum absolute atomic E-state index is 0.312. The Morgan fingerprint density at radius 3 is 3.00 bits per heavy atom. The molecule has 3 rings (SSSR count). The van der Waals surface area contributed by atoms with Gasteiger partial charge in [0.2, 0.25) is 0 Å². The summed E-state index contributed by atoms with van der Waals surface area (Å²) in [6.07, 6.45) is 6.26. The van der Waals surface area contributed by atoms with Gasteiger partial charge in [0.1, 0.15) is 17.6 Å². The van der Waals surface area contributed by atoms with Gasteiger partial charge in [0.25, 0.3) is 0 Å². The lowest BCUT2D eigenvalue weighted by atomic mass is 9.91. The molecular formula is C15H21NO2. The molecule has 2 heterocycles. The summed E-state index contributed by atoms with van der Waals surface area (Å²) in [5.74, 6) is 1.30. The molecular weight excluding hydrogens is 226 g/mol. The van der Waals surface area contributed by atoms with Crippen LogP contribution >= 0.6 is 0 Å². The molecule has 0 bridgehead atoms. The Kier molecular flexibility index (Phi) is 3.16. The van der Waals surface area contributed by atoms with E-state index < -0.39 is 0 Å². The second kappa shape index (κ2) is 4.81. The van der Waals surface area contributed by atoms with E-state index in [1.807, 2.05) is 12.1 Å². The van der Waals surface area contributed by atoms with Crippen molar-refractivity contribution in [1.29, 1.82) is 0 Å². The van der Waals surface area contributed by atoms with E-state index in [0.717, 1.165) is 24.2 Å². The van der Waals surface area contributed by atoms with Gasteiger partial charge in [0, 0.05) is 6.04 Å². The Morgan fingerprint density at radius 2 is 2.17 bits per heavy atom. The van der Waals surface area contributed by atoms with Crippen LogP contribution in [-0.2, 0) is 6.42 Å². The molecule has 2 atom stereocenters. The normalized spacial score (nSPS) is 28.5. The lowest BCUT2D eigenvalue weighted by molar-refractivity contribution is 0.0447. The van der Waals surface area contributed by atoms with E-state index in [1.165, 1.54) is 25.8 Å². The first-order chi connectivity index (χ1) is 8.74. The van der Waals surface area contributed by atoms with Crippen molar-refractivity contribution in [3.05, 3.63) is 23.8 Å². The summed E-state index contributed by atoms with van der Waals surface area (Å²) in [7, 11) is 2.21. The van der Waals surface area contributed by atoms with Crippen LogP contribution in [0.3, 0.4) is 0 Å². The summed E-state index contributed by atoms with van der Waals surface area (Å²) < 4.78 is 6.14. The molecule has 1 fully saturated rings. The van der Waals surface area contributed by atoms with Crippen LogP contribution in [0.15, 0.2) is 18.2 Å². The van der Waals surface area contributed by atoms with Crippen molar-refractivity contribution >= 4 is 0 Å². The zero-order chi connectivity index (χ0) is 12.5. The van der Waals surface area contributed by atoms with Crippen molar-refractivity contribution in [3.63, 3.8) is 0 Å². The number of likely N-dealkylation sites (N-methyl/N-ethyl adjacent to an activating group) is 1. The fourth-order valence-corrected chi connectivity index (χ4v) is 3.24. The highest BCUT2D eigenvalue weighted by atomic mass is 16.5. The number of aromatic hydroxyl groups is 1. The summed E-state index contributed by atoms with van der Waals surface area (Å²) in [4.78, 5) is 2.44. The summed E-state index contributed by atoms with van der Waals surface area (Å²) in [5.41, 5.74) is 1.14. The van der Waals surface area contributed by atoms with Crippen molar-refractivity contribution in [1.82, 2.24) is 4.90 Å². The first-order valence-corrected chi connectivity index (χ1v) is 6.93. The van der Waals surface area contributed by atoms with Crippen LogP contribution in [0.25, 0.3) is 0 Å². The Bertz CT molecular complexity index is 433. The molecule has 0 saturated carbocycles. The number of ether oxygens (including phenoxy) is 1. The third-order valence-corrected chi connectivity index (χ3v) is 4.28. The second-order valence-corrected chi connectivity index (χ2v) is 5.53. The second-order valence-electron chi connectivity index (χ2n) is 5.53. The van der Waals surface area contributed by atoms with Gasteiger partial charge in [-0.25, -0.2) is 0 Å². The zero-order valence-corrected chi connectivity index (χ0v) is 10.9. The topological polar surface area (TPSA) is 32.7 Å². The van der Waals surface area contributed by atoms with Gasteiger partial charge in [-0.15, -0.1) is 0 Å². The number of benzene rings is 1. The van der Waals surface area contributed by atoms with Crippen molar-refractivity contribution in [2.24, 2.45) is 0 Å². The molecule has 3 nitrogen and oxygen atoms in total. The highest BCUT2D eigenvalue weighted by Crippen LogP contribution is 2.33. The maximum atomic E-state index is 9.48. The SMILES string of the molecule is CN1CCCC[C@H]1[C@@H]1CCc2cc(O)ccc2O1. The monoisotopic (exact) mass is 247 g/mol. The van der Waals surface area contributed by atoms with Gasteiger partial charge in [0.15, 0.2) is 0 Å². The van der Waals surface area contributed by atoms with E-state index in [2.05, 4.69) is 11.9 Å². The number of piperidine rings is 1. The molecule has 0 amide bonds. The third kappa shape index (κ3) is 2.19. The number of nitrogens with zero attached hydrogens (tertiary/aromatic N) is 1. The number of hydrogen-bond acceptors (Lipinski definition) is 3. The first-order valence-electron chi connectivity index (χ1n) is 6.93. The molecule has 98 valence electrons. The van der Waals surface area contributed by atoms with Gasteiger partial charge in [0.05, 0.1) is 0 Å². The summed E-state index contributed by atoms with van der Waals surface area (Å²) >= 11 is 0. The fraction of sp³-hybridized carbons (Fsp3) is 0.600. The minimum atomic E-state index is 0.312. The smallest absolute Gasteiger partial charge is 0.123 e. The molecule has 1 saturated heterocycles. The lowest BCUT2D eigenvalue weighted by Crippen LogP contribution is -2.48. The summed E-state index contributed by atoms with van der Waals surface area (Å²) in [6.45, 7) is 1.19. The number of rotatable bonds is 1. The molecule has 0 aromatic heterocycles. The van der Waals surface area contributed by atoms with Crippen LogP contribution in [-0.4, -0.2) is 35.7 Å². The zero-order valence-electron chi connectivity index (χ0n) is 10.9. The van der Waals surface area contributed by atoms with E-state index in [4.69, 9.17) is 4.74 Å². The van der Waals surface area contributed by atoms with E-state index in [1.54, 1.807) is 6.07 Å². The molecule has 0 spiro atoms. The van der Waals surface area contributed by atoms with Crippen LogP contribution in [0, 0.1) is 0 Å². The Hall–Kier alpha value is -1.22. The number of phenolic OH excluding ortho intramolecular Hbond substituents is 1. The predicted molar refractivity (Wildman–Crippen MR) is 71.1 cm³/mol. The first kappa shape index (κ1) is 11.8. The third-order valence-electron chi connectivity index (χ3n) is 4.28. The molecule has 1 aromatic carbocycles. The molecule has 2 aliphatic heterocycles.